The molecule has 0 aliphatic heterocycles. The third kappa shape index (κ3) is 4.24. The first-order valence-electron chi connectivity index (χ1n) is 9.18. The van der Waals surface area contributed by atoms with E-state index in [0.717, 1.165) is 34.5 Å². The highest BCUT2D eigenvalue weighted by molar-refractivity contribution is 5.63. The Bertz CT molecular complexity index is 1100. The first kappa shape index (κ1) is 19.0. The van der Waals surface area contributed by atoms with E-state index < -0.39 is 11.7 Å². The van der Waals surface area contributed by atoms with Crippen LogP contribution in [0, 0.1) is 6.92 Å². The second-order valence-corrected chi connectivity index (χ2v) is 6.84. The van der Waals surface area contributed by atoms with E-state index in [2.05, 4.69) is 29.2 Å². The fourth-order valence-electron chi connectivity index (χ4n) is 3.16. The highest BCUT2D eigenvalue weighted by Gasteiger charge is 2.30. The van der Waals surface area contributed by atoms with Gasteiger partial charge in [0.25, 0.3) is 0 Å². The smallest absolute Gasteiger partial charge is 0.416 e. The number of aryl methyl sites for hydroxylation is 1. The fourth-order valence-corrected chi connectivity index (χ4v) is 3.16. The lowest BCUT2D eigenvalue weighted by molar-refractivity contribution is -0.137. The molecule has 0 saturated heterocycles. The van der Waals surface area contributed by atoms with Crippen LogP contribution in [0.25, 0.3) is 22.6 Å². The Labute approximate surface area is 166 Å². The van der Waals surface area contributed by atoms with Crippen molar-refractivity contribution in [2.45, 2.75) is 19.5 Å². The molecule has 0 atom stereocenters. The zero-order valence-electron chi connectivity index (χ0n) is 15.7. The number of aromatic nitrogens is 1. The van der Waals surface area contributed by atoms with E-state index in [1.165, 1.54) is 12.1 Å². The molecule has 29 heavy (non-hydrogen) atoms. The standard InChI is InChI=1S/C24H18F3NO/c1-16-22(15-17-7-9-19(10-8-17)18-5-3-2-4-6-18)28-23(29-16)20-11-13-21(14-12-20)24(25,26)27/h2-14H,15H2,1H3. The predicted molar refractivity (Wildman–Crippen MR) is 106 cm³/mol. The highest BCUT2D eigenvalue weighted by atomic mass is 19.4. The Balaban J connectivity index is 1.53. The molecule has 3 aromatic carbocycles. The first-order valence-corrected chi connectivity index (χ1v) is 9.18. The Kier molecular flexibility index (Phi) is 4.97. The van der Waals surface area contributed by atoms with Gasteiger partial charge in [-0.25, -0.2) is 4.98 Å². The Morgan fingerprint density at radius 1 is 0.759 bits per heavy atom. The van der Waals surface area contributed by atoms with Crippen LogP contribution < -0.4 is 0 Å². The summed E-state index contributed by atoms with van der Waals surface area (Å²) in [4.78, 5) is 4.50. The van der Waals surface area contributed by atoms with E-state index in [1.54, 1.807) is 0 Å². The second kappa shape index (κ2) is 7.59. The minimum Gasteiger partial charge on any atom is -0.441 e. The van der Waals surface area contributed by atoms with Crippen molar-refractivity contribution in [1.29, 1.82) is 0 Å². The van der Waals surface area contributed by atoms with E-state index >= 15 is 0 Å². The lowest BCUT2D eigenvalue weighted by atomic mass is 10.0. The van der Waals surface area contributed by atoms with Crippen molar-refractivity contribution in [2.24, 2.45) is 0 Å². The van der Waals surface area contributed by atoms with E-state index in [-0.39, 0.29) is 0 Å². The quantitative estimate of drug-likeness (QED) is 0.376. The summed E-state index contributed by atoms with van der Waals surface area (Å²) in [6, 6.07) is 23.2. The van der Waals surface area contributed by atoms with Crippen LogP contribution in [-0.2, 0) is 12.6 Å². The van der Waals surface area contributed by atoms with Crippen molar-refractivity contribution in [3.05, 3.63) is 101 Å². The van der Waals surface area contributed by atoms with Crippen LogP contribution >= 0.6 is 0 Å². The topological polar surface area (TPSA) is 26.0 Å². The Hall–Kier alpha value is -3.34. The molecule has 0 aliphatic rings. The van der Waals surface area contributed by atoms with Crippen LogP contribution in [0.15, 0.2) is 83.3 Å². The minimum atomic E-state index is -4.36. The van der Waals surface area contributed by atoms with Gasteiger partial charge in [0.05, 0.1) is 11.3 Å². The third-order valence-electron chi connectivity index (χ3n) is 4.78. The molecule has 0 N–H and O–H groups in total. The van der Waals surface area contributed by atoms with E-state index in [4.69, 9.17) is 4.42 Å². The summed E-state index contributed by atoms with van der Waals surface area (Å²) in [5, 5.41) is 0. The summed E-state index contributed by atoms with van der Waals surface area (Å²) in [5.74, 6) is 0.985. The van der Waals surface area contributed by atoms with Gasteiger partial charge in [-0.2, -0.15) is 13.2 Å². The van der Waals surface area contributed by atoms with Gasteiger partial charge in [-0.05, 0) is 47.9 Å². The number of hydrogen-bond acceptors (Lipinski definition) is 2. The van der Waals surface area contributed by atoms with Crippen LogP contribution in [0.5, 0.6) is 0 Å². The van der Waals surface area contributed by atoms with E-state index in [0.29, 0.717) is 23.6 Å². The molecular formula is C24H18F3NO. The summed E-state index contributed by atoms with van der Waals surface area (Å²) in [7, 11) is 0. The Morgan fingerprint density at radius 2 is 1.34 bits per heavy atom. The molecule has 0 fully saturated rings. The average molecular weight is 393 g/mol. The van der Waals surface area contributed by atoms with Gasteiger partial charge < -0.3 is 4.42 Å². The molecule has 0 bridgehead atoms. The van der Waals surface area contributed by atoms with Crippen LogP contribution in [0.1, 0.15) is 22.6 Å². The number of halogens is 3. The zero-order chi connectivity index (χ0) is 20.4. The lowest BCUT2D eigenvalue weighted by Crippen LogP contribution is -2.03. The summed E-state index contributed by atoms with van der Waals surface area (Å²) in [6.07, 6.45) is -3.77. The predicted octanol–water partition coefficient (Wildman–Crippen LogP) is 6.93. The molecule has 4 rings (SSSR count). The number of hydrogen-bond donors (Lipinski definition) is 0. The van der Waals surface area contributed by atoms with Crippen molar-refractivity contribution >= 4 is 0 Å². The molecule has 0 aliphatic carbocycles. The summed E-state index contributed by atoms with van der Waals surface area (Å²) in [5.41, 5.74) is 3.97. The Morgan fingerprint density at radius 3 is 1.97 bits per heavy atom. The molecule has 4 aromatic rings. The van der Waals surface area contributed by atoms with Gasteiger partial charge in [0, 0.05) is 12.0 Å². The molecule has 0 spiro atoms. The number of benzene rings is 3. The van der Waals surface area contributed by atoms with Crippen molar-refractivity contribution in [1.82, 2.24) is 4.98 Å². The van der Waals surface area contributed by atoms with Gasteiger partial charge in [0.15, 0.2) is 0 Å². The fraction of sp³-hybridized carbons (Fsp3) is 0.125. The van der Waals surface area contributed by atoms with E-state index in [1.807, 2.05) is 37.3 Å². The molecule has 2 nitrogen and oxygen atoms in total. The van der Waals surface area contributed by atoms with Crippen LogP contribution in [0.4, 0.5) is 13.2 Å². The normalized spacial score (nSPS) is 11.6. The van der Waals surface area contributed by atoms with Gasteiger partial charge in [-0.1, -0.05) is 54.6 Å². The molecule has 1 heterocycles. The van der Waals surface area contributed by atoms with Crippen LogP contribution in [-0.4, -0.2) is 4.98 Å². The minimum absolute atomic E-state index is 0.326. The third-order valence-corrected chi connectivity index (χ3v) is 4.78. The maximum absolute atomic E-state index is 12.7. The van der Waals surface area contributed by atoms with Gasteiger partial charge in [-0.3, -0.25) is 0 Å². The van der Waals surface area contributed by atoms with Crippen molar-refractivity contribution in [2.75, 3.05) is 0 Å². The van der Waals surface area contributed by atoms with Crippen molar-refractivity contribution in [3.8, 4) is 22.6 Å². The van der Waals surface area contributed by atoms with Crippen molar-refractivity contribution in [3.63, 3.8) is 0 Å². The summed E-state index contributed by atoms with van der Waals surface area (Å²) in [6.45, 7) is 1.81. The number of alkyl halides is 3. The van der Waals surface area contributed by atoms with Gasteiger partial charge in [0.1, 0.15) is 5.76 Å². The number of rotatable bonds is 4. The molecule has 0 amide bonds. The molecule has 0 saturated carbocycles. The maximum atomic E-state index is 12.7. The number of nitrogens with zero attached hydrogens (tertiary/aromatic N) is 1. The largest absolute Gasteiger partial charge is 0.441 e. The van der Waals surface area contributed by atoms with Crippen molar-refractivity contribution < 1.29 is 17.6 Å². The van der Waals surface area contributed by atoms with E-state index in [9.17, 15) is 13.2 Å². The number of oxazole rings is 1. The zero-order valence-corrected chi connectivity index (χ0v) is 15.7. The molecule has 146 valence electrons. The lowest BCUT2D eigenvalue weighted by Gasteiger charge is -2.06. The summed E-state index contributed by atoms with van der Waals surface area (Å²) >= 11 is 0. The SMILES string of the molecule is Cc1oc(-c2ccc(C(F)(F)F)cc2)nc1Cc1ccc(-c2ccccc2)cc1. The van der Waals surface area contributed by atoms with Gasteiger partial charge in [-0.15, -0.1) is 0 Å². The molecule has 5 heteroatoms. The molecule has 1 aromatic heterocycles. The molecule has 0 radical (unpaired) electrons. The summed E-state index contributed by atoms with van der Waals surface area (Å²) < 4.78 is 43.9. The first-order chi connectivity index (χ1) is 13.9. The van der Waals surface area contributed by atoms with Gasteiger partial charge in [0.2, 0.25) is 5.89 Å². The monoisotopic (exact) mass is 393 g/mol. The molecular weight excluding hydrogens is 375 g/mol. The average Bonchev–Trinajstić information content (AvgIpc) is 3.09. The molecule has 0 unspecified atom stereocenters. The highest BCUT2D eigenvalue weighted by Crippen LogP contribution is 2.31. The second-order valence-electron chi connectivity index (χ2n) is 6.84. The van der Waals surface area contributed by atoms with Crippen LogP contribution in [0.3, 0.4) is 0 Å². The van der Waals surface area contributed by atoms with Crippen LogP contribution in [0.2, 0.25) is 0 Å². The maximum Gasteiger partial charge on any atom is 0.416 e. The van der Waals surface area contributed by atoms with Gasteiger partial charge >= 0.3 is 6.18 Å².